The second-order valence-corrected chi connectivity index (χ2v) is 5.96. The average molecular weight is 388 g/mol. The fourth-order valence-electron chi connectivity index (χ4n) is 2.84. The van der Waals surface area contributed by atoms with Crippen LogP contribution in [0.4, 0.5) is 0 Å². The molecule has 0 radical (unpaired) electrons. The van der Waals surface area contributed by atoms with Gasteiger partial charge in [-0.05, 0) is 0 Å². The molecule has 4 N–H and O–H groups in total. The van der Waals surface area contributed by atoms with Crippen molar-refractivity contribution >= 4 is 11.9 Å². The van der Waals surface area contributed by atoms with Crippen LogP contribution in [-0.2, 0) is 17.1 Å². The summed E-state index contributed by atoms with van der Waals surface area (Å²) in [4.78, 5) is 23.8. The Kier molecular flexibility index (Phi) is 9.16. The number of hydrogen-bond donors (Lipinski definition) is 4. The summed E-state index contributed by atoms with van der Waals surface area (Å²) < 4.78 is 0. The van der Waals surface area contributed by atoms with Crippen LogP contribution in [0.1, 0.15) is 20.7 Å². The minimum atomic E-state index is -0.866. The zero-order valence-corrected chi connectivity index (χ0v) is 15.0. The molecule has 5 rings (SSSR count). The standard InChI is InChI=1S/C6H12N2.2C6H5O2.Fe/c1-2-8-5-3-7(1)4-6-8;2*7-6(8)5-3-1-2-4-5;/h1-6H2;2*1-4H,(H,7,8);/q;2*-1;/p+2. The van der Waals surface area contributed by atoms with Crippen molar-refractivity contribution in [2.75, 3.05) is 39.3 Å². The van der Waals surface area contributed by atoms with Crippen molar-refractivity contribution in [3.63, 3.8) is 0 Å². The summed E-state index contributed by atoms with van der Waals surface area (Å²) in [6, 6.07) is 13.0. The molecule has 7 heteroatoms. The molecule has 2 aromatic carbocycles. The molecule has 0 amide bonds. The van der Waals surface area contributed by atoms with Crippen molar-refractivity contribution in [3.8, 4) is 0 Å². The number of fused-ring (bicyclic) bond motifs is 3. The molecule has 3 saturated heterocycles. The number of aromatic carboxylic acids is 2. The van der Waals surface area contributed by atoms with Gasteiger partial charge in [-0.1, -0.05) is 11.1 Å². The molecule has 0 aromatic heterocycles. The van der Waals surface area contributed by atoms with E-state index < -0.39 is 11.9 Å². The molecule has 3 fully saturated rings. The Balaban J connectivity index is 0.000000184. The van der Waals surface area contributed by atoms with E-state index in [2.05, 4.69) is 0 Å². The molecule has 3 aliphatic rings. The topological polar surface area (TPSA) is 83.5 Å². The van der Waals surface area contributed by atoms with Crippen molar-refractivity contribution in [1.29, 1.82) is 0 Å². The van der Waals surface area contributed by atoms with Gasteiger partial charge in [-0.15, -0.1) is 0 Å². The van der Waals surface area contributed by atoms with Crippen LogP contribution in [0.2, 0.25) is 0 Å². The van der Waals surface area contributed by atoms with E-state index in [1.807, 2.05) is 9.80 Å². The van der Waals surface area contributed by atoms with Gasteiger partial charge in [0.15, 0.2) is 0 Å². The van der Waals surface area contributed by atoms with Crippen LogP contribution in [0.5, 0.6) is 0 Å². The molecule has 138 valence electrons. The molecule has 2 aromatic rings. The summed E-state index contributed by atoms with van der Waals surface area (Å²) in [5.41, 5.74) is 0.704. The number of rotatable bonds is 2. The largest absolute Gasteiger partial charge is 0.488 e. The summed E-state index contributed by atoms with van der Waals surface area (Å²) in [5.74, 6) is -1.73. The predicted octanol–water partition coefficient (Wildman–Crippen LogP) is -1.01. The Morgan fingerprint density at radius 1 is 0.960 bits per heavy atom. The van der Waals surface area contributed by atoms with Gasteiger partial charge >= 0.3 is 0 Å². The first-order valence-electron chi connectivity index (χ1n) is 8.13. The van der Waals surface area contributed by atoms with Crippen LogP contribution >= 0.6 is 0 Å². The second kappa shape index (κ2) is 10.8. The van der Waals surface area contributed by atoms with Gasteiger partial charge in [0, 0.05) is 17.1 Å². The summed E-state index contributed by atoms with van der Waals surface area (Å²) in [6.07, 6.45) is 0. The number of nitrogens with one attached hydrogen (secondary N) is 2. The first-order valence-corrected chi connectivity index (χ1v) is 8.13. The van der Waals surface area contributed by atoms with Gasteiger partial charge in [0.1, 0.15) is 39.3 Å². The average Bonchev–Trinajstić information content (AvgIpc) is 3.32. The Bertz CT molecular complexity index is 550. The number of hydrogen-bond acceptors (Lipinski definition) is 2. The fourth-order valence-corrected chi connectivity index (χ4v) is 2.84. The van der Waals surface area contributed by atoms with Crippen LogP contribution < -0.4 is 9.80 Å². The third-order valence-corrected chi connectivity index (χ3v) is 4.32. The van der Waals surface area contributed by atoms with E-state index in [1.165, 1.54) is 39.3 Å². The normalized spacial score (nSPS) is 20.2. The van der Waals surface area contributed by atoms with Crippen LogP contribution in [0, 0.1) is 0 Å². The zero-order valence-electron chi connectivity index (χ0n) is 13.9. The summed E-state index contributed by atoms with van der Waals surface area (Å²) in [7, 11) is 0. The molecular formula is C18H24FeN2O4. The van der Waals surface area contributed by atoms with Crippen LogP contribution in [0.25, 0.3) is 0 Å². The molecule has 25 heavy (non-hydrogen) atoms. The molecule has 0 aliphatic carbocycles. The molecular weight excluding hydrogens is 364 g/mol. The van der Waals surface area contributed by atoms with Gasteiger partial charge in [-0.25, -0.2) is 12.1 Å². The SMILES string of the molecule is C1C[NH+]2CC[NH+]1CC2.O=C(O)[c-]1cccc1.O=C(O)c1cc[cH-]c1.[Fe]. The molecule has 3 aliphatic heterocycles. The summed E-state index contributed by atoms with van der Waals surface area (Å²) in [6.45, 7) is 8.64. The Hall–Kier alpha value is -1.92. The quantitative estimate of drug-likeness (QED) is 0.393. The van der Waals surface area contributed by atoms with Gasteiger partial charge < -0.3 is 20.0 Å². The fraction of sp³-hybridized carbons (Fsp3) is 0.333. The van der Waals surface area contributed by atoms with E-state index >= 15 is 0 Å². The van der Waals surface area contributed by atoms with E-state index in [0.717, 1.165) is 0 Å². The Morgan fingerprint density at radius 2 is 1.44 bits per heavy atom. The molecule has 3 heterocycles. The maximum Gasteiger partial charge on any atom is 0.278 e. The van der Waals surface area contributed by atoms with E-state index in [4.69, 9.17) is 10.2 Å². The molecule has 0 saturated carbocycles. The molecule has 0 unspecified atom stereocenters. The minimum absolute atomic E-state index is 0. The summed E-state index contributed by atoms with van der Waals surface area (Å²) in [5, 5.41) is 16.5. The van der Waals surface area contributed by atoms with Gasteiger partial charge in [0.25, 0.3) is 11.9 Å². The van der Waals surface area contributed by atoms with Crippen molar-refractivity contribution in [1.82, 2.24) is 0 Å². The van der Waals surface area contributed by atoms with Gasteiger partial charge in [-0.2, -0.15) is 36.4 Å². The maximum absolute atomic E-state index is 10.1. The van der Waals surface area contributed by atoms with E-state index in [-0.39, 0.29) is 17.1 Å². The van der Waals surface area contributed by atoms with Crippen molar-refractivity contribution < 1.29 is 46.7 Å². The first-order chi connectivity index (χ1) is 11.6. The van der Waals surface area contributed by atoms with E-state index in [0.29, 0.717) is 11.1 Å². The summed E-state index contributed by atoms with van der Waals surface area (Å²) >= 11 is 0. The third-order valence-electron chi connectivity index (χ3n) is 4.32. The predicted molar refractivity (Wildman–Crippen MR) is 89.1 cm³/mol. The minimum Gasteiger partial charge on any atom is -0.488 e. The molecule has 0 spiro atoms. The molecule has 0 atom stereocenters. The van der Waals surface area contributed by atoms with Gasteiger partial charge in [-0.3, -0.25) is 9.59 Å². The number of carbonyl (C=O) groups is 2. The first kappa shape index (κ1) is 21.1. The van der Waals surface area contributed by atoms with Crippen molar-refractivity contribution in [2.45, 2.75) is 0 Å². The number of quaternary nitrogens is 2. The van der Waals surface area contributed by atoms with Crippen LogP contribution in [-0.4, -0.2) is 61.4 Å². The van der Waals surface area contributed by atoms with Crippen LogP contribution in [0.15, 0.2) is 48.5 Å². The van der Waals surface area contributed by atoms with Crippen molar-refractivity contribution in [3.05, 3.63) is 59.7 Å². The third kappa shape index (κ3) is 7.23. The van der Waals surface area contributed by atoms with Crippen LogP contribution in [0.3, 0.4) is 0 Å². The van der Waals surface area contributed by atoms with Crippen molar-refractivity contribution in [2.24, 2.45) is 0 Å². The Labute approximate surface area is 157 Å². The number of carboxylic acids is 2. The smallest absolute Gasteiger partial charge is 0.278 e. The van der Waals surface area contributed by atoms with Gasteiger partial charge in [0.05, 0.1) is 0 Å². The van der Waals surface area contributed by atoms with E-state index in [1.54, 1.807) is 48.5 Å². The molecule has 6 nitrogen and oxygen atoms in total. The number of piperazine rings is 3. The molecule has 2 bridgehead atoms. The maximum atomic E-state index is 10.1. The Morgan fingerprint density at radius 3 is 1.64 bits per heavy atom. The van der Waals surface area contributed by atoms with Gasteiger partial charge in [0.2, 0.25) is 0 Å². The monoisotopic (exact) mass is 388 g/mol. The zero-order chi connectivity index (χ0) is 17.4. The van der Waals surface area contributed by atoms with E-state index in [9.17, 15) is 9.59 Å². The number of carboxylic acid groups (broad SMARTS) is 2. The second-order valence-electron chi connectivity index (χ2n) is 5.96.